The number of carbonyl (C=O) groups excluding carboxylic acids is 1. The summed E-state index contributed by atoms with van der Waals surface area (Å²) in [6.45, 7) is 1.08. The first-order valence-electron chi connectivity index (χ1n) is 8.32. The molecular formula is C20H21N3O3. The molecule has 0 aliphatic heterocycles. The number of methoxy groups -OCH3 is 1. The lowest BCUT2D eigenvalue weighted by Crippen LogP contribution is -2.28. The number of carbonyl (C=O) groups is 1. The minimum Gasteiger partial charge on any atom is -0.497 e. The van der Waals surface area contributed by atoms with E-state index in [9.17, 15) is 4.79 Å². The highest BCUT2D eigenvalue weighted by molar-refractivity contribution is 5.77. The maximum atomic E-state index is 12.1. The van der Waals surface area contributed by atoms with Crippen molar-refractivity contribution in [2.45, 2.75) is 13.1 Å². The first kappa shape index (κ1) is 17.5. The molecule has 0 fully saturated rings. The summed E-state index contributed by atoms with van der Waals surface area (Å²) in [5.41, 5.74) is 2.17. The number of hydrogen-bond acceptors (Lipinski definition) is 4. The topological polar surface area (TPSA) is 65.4 Å². The molecule has 1 amide bonds. The normalized spacial score (nSPS) is 10.3. The smallest absolute Gasteiger partial charge is 0.258 e. The van der Waals surface area contributed by atoms with Gasteiger partial charge < -0.3 is 14.8 Å². The third kappa shape index (κ3) is 4.86. The van der Waals surface area contributed by atoms with Gasteiger partial charge in [0.05, 0.1) is 13.7 Å². The van der Waals surface area contributed by atoms with Crippen molar-refractivity contribution in [3.8, 4) is 11.5 Å². The number of benzene rings is 2. The van der Waals surface area contributed by atoms with Crippen molar-refractivity contribution >= 4 is 5.91 Å². The van der Waals surface area contributed by atoms with Crippen LogP contribution in [0.1, 0.15) is 11.1 Å². The van der Waals surface area contributed by atoms with Crippen LogP contribution in [0.4, 0.5) is 0 Å². The van der Waals surface area contributed by atoms with Crippen LogP contribution in [0.5, 0.6) is 11.5 Å². The number of ether oxygens (including phenoxy) is 2. The third-order valence-corrected chi connectivity index (χ3v) is 3.92. The number of rotatable bonds is 8. The summed E-state index contributed by atoms with van der Waals surface area (Å²) in [6, 6.07) is 17.0. The van der Waals surface area contributed by atoms with Crippen LogP contribution >= 0.6 is 0 Å². The van der Waals surface area contributed by atoms with Gasteiger partial charge in [0.25, 0.3) is 5.91 Å². The van der Waals surface area contributed by atoms with Crippen molar-refractivity contribution in [1.82, 2.24) is 15.1 Å². The van der Waals surface area contributed by atoms with Crippen LogP contribution in [-0.2, 0) is 17.9 Å². The average Bonchev–Trinajstić information content (AvgIpc) is 3.19. The van der Waals surface area contributed by atoms with E-state index < -0.39 is 0 Å². The minimum atomic E-state index is -0.172. The van der Waals surface area contributed by atoms with Gasteiger partial charge in [0.15, 0.2) is 6.61 Å². The highest BCUT2D eigenvalue weighted by Gasteiger charge is 2.07. The zero-order valence-electron chi connectivity index (χ0n) is 14.6. The third-order valence-electron chi connectivity index (χ3n) is 3.92. The van der Waals surface area contributed by atoms with Crippen molar-refractivity contribution in [1.29, 1.82) is 0 Å². The Hall–Kier alpha value is -3.28. The van der Waals surface area contributed by atoms with E-state index in [1.54, 1.807) is 37.6 Å². The molecule has 1 N–H and O–H groups in total. The van der Waals surface area contributed by atoms with Gasteiger partial charge >= 0.3 is 0 Å². The van der Waals surface area contributed by atoms with Crippen molar-refractivity contribution in [2.24, 2.45) is 0 Å². The second-order valence-corrected chi connectivity index (χ2v) is 5.71. The molecule has 6 nitrogen and oxygen atoms in total. The first-order chi connectivity index (χ1) is 12.7. The van der Waals surface area contributed by atoms with Crippen LogP contribution in [-0.4, -0.2) is 29.4 Å². The molecule has 0 atom stereocenters. The molecule has 6 heteroatoms. The lowest BCUT2D eigenvalue weighted by atomic mass is 10.1. The molecule has 0 aliphatic carbocycles. The van der Waals surface area contributed by atoms with Gasteiger partial charge in [-0.3, -0.25) is 9.48 Å². The number of amides is 1. The van der Waals surface area contributed by atoms with Gasteiger partial charge in [-0.1, -0.05) is 24.3 Å². The first-order valence-corrected chi connectivity index (χ1v) is 8.32. The van der Waals surface area contributed by atoms with E-state index in [0.29, 0.717) is 18.8 Å². The number of hydrogen-bond donors (Lipinski definition) is 1. The summed E-state index contributed by atoms with van der Waals surface area (Å²) in [5, 5.41) is 7.12. The predicted octanol–water partition coefficient (Wildman–Crippen LogP) is 2.64. The van der Waals surface area contributed by atoms with Gasteiger partial charge in [-0.15, -0.1) is 0 Å². The van der Waals surface area contributed by atoms with Crippen LogP contribution < -0.4 is 14.8 Å². The van der Waals surface area contributed by atoms with Crippen molar-refractivity contribution in [3.63, 3.8) is 0 Å². The molecule has 0 bridgehead atoms. The van der Waals surface area contributed by atoms with Crippen LogP contribution in [0.3, 0.4) is 0 Å². The Bertz CT molecular complexity index is 830. The average molecular weight is 351 g/mol. The molecular weight excluding hydrogens is 330 g/mol. The predicted molar refractivity (Wildman–Crippen MR) is 98.1 cm³/mol. The van der Waals surface area contributed by atoms with Crippen molar-refractivity contribution in [3.05, 3.63) is 78.1 Å². The molecule has 134 valence electrons. The Morgan fingerprint density at radius 3 is 2.46 bits per heavy atom. The van der Waals surface area contributed by atoms with E-state index in [2.05, 4.69) is 10.4 Å². The highest BCUT2D eigenvalue weighted by Crippen LogP contribution is 2.16. The number of aromatic nitrogens is 2. The number of nitrogens with one attached hydrogen (secondary N) is 1. The fourth-order valence-electron chi connectivity index (χ4n) is 2.52. The van der Waals surface area contributed by atoms with Crippen LogP contribution in [0.2, 0.25) is 0 Å². The molecule has 0 spiro atoms. The van der Waals surface area contributed by atoms with Crippen molar-refractivity contribution < 1.29 is 14.3 Å². The van der Waals surface area contributed by atoms with E-state index in [4.69, 9.17) is 9.47 Å². The zero-order valence-corrected chi connectivity index (χ0v) is 14.6. The standard InChI is InChI=1S/C20H21N3O3/c1-25-18-7-9-19(10-8-18)26-15-20(24)21-13-16-5-2-3-6-17(16)14-23-12-4-11-22-23/h2-12H,13-15H2,1H3,(H,21,24). The second kappa shape index (κ2) is 8.71. The number of nitrogens with zero attached hydrogens (tertiary/aromatic N) is 2. The van der Waals surface area contributed by atoms with Gasteiger partial charge in [0.1, 0.15) is 11.5 Å². The Balaban J connectivity index is 1.51. The fourth-order valence-corrected chi connectivity index (χ4v) is 2.52. The monoisotopic (exact) mass is 351 g/mol. The van der Waals surface area contributed by atoms with E-state index in [1.165, 1.54) is 0 Å². The molecule has 2 aromatic carbocycles. The summed E-state index contributed by atoms with van der Waals surface area (Å²) in [5.74, 6) is 1.20. The lowest BCUT2D eigenvalue weighted by molar-refractivity contribution is -0.123. The van der Waals surface area contributed by atoms with Crippen LogP contribution in [0.15, 0.2) is 67.0 Å². The molecule has 3 aromatic rings. The summed E-state index contributed by atoms with van der Waals surface area (Å²) < 4.78 is 12.4. The van der Waals surface area contributed by atoms with Gasteiger partial charge in [-0.05, 0) is 41.5 Å². The molecule has 1 aromatic heterocycles. The second-order valence-electron chi connectivity index (χ2n) is 5.71. The summed E-state index contributed by atoms with van der Waals surface area (Å²) in [4.78, 5) is 12.1. The summed E-state index contributed by atoms with van der Waals surface area (Å²) in [7, 11) is 1.60. The Labute approximate surface area is 152 Å². The van der Waals surface area contributed by atoms with Gasteiger partial charge in [0, 0.05) is 18.9 Å². The SMILES string of the molecule is COc1ccc(OCC(=O)NCc2ccccc2Cn2cccn2)cc1. The molecule has 0 saturated carbocycles. The molecule has 0 radical (unpaired) electrons. The van der Waals surface area contributed by atoms with Crippen LogP contribution in [0, 0.1) is 0 Å². The molecule has 0 aliphatic rings. The van der Waals surface area contributed by atoms with Gasteiger partial charge in [-0.2, -0.15) is 5.10 Å². The Morgan fingerprint density at radius 2 is 1.77 bits per heavy atom. The maximum absolute atomic E-state index is 12.1. The maximum Gasteiger partial charge on any atom is 0.258 e. The Kier molecular flexibility index (Phi) is 5.88. The fraction of sp³-hybridized carbons (Fsp3) is 0.200. The molecule has 1 heterocycles. The van der Waals surface area contributed by atoms with Gasteiger partial charge in [0.2, 0.25) is 0 Å². The molecule has 26 heavy (non-hydrogen) atoms. The van der Waals surface area contributed by atoms with Crippen LogP contribution in [0.25, 0.3) is 0 Å². The lowest BCUT2D eigenvalue weighted by Gasteiger charge is -2.11. The van der Waals surface area contributed by atoms with E-state index in [0.717, 1.165) is 16.9 Å². The Morgan fingerprint density at radius 1 is 1.04 bits per heavy atom. The van der Waals surface area contributed by atoms with Gasteiger partial charge in [-0.25, -0.2) is 0 Å². The van der Waals surface area contributed by atoms with Crippen molar-refractivity contribution in [2.75, 3.05) is 13.7 Å². The summed E-state index contributed by atoms with van der Waals surface area (Å²) in [6.07, 6.45) is 3.67. The highest BCUT2D eigenvalue weighted by atomic mass is 16.5. The summed E-state index contributed by atoms with van der Waals surface area (Å²) >= 11 is 0. The quantitative estimate of drug-likeness (QED) is 0.678. The van der Waals surface area contributed by atoms with E-state index >= 15 is 0 Å². The van der Waals surface area contributed by atoms with E-state index in [1.807, 2.05) is 41.2 Å². The molecule has 0 saturated heterocycles. The van der Waals surface area contributed by atoms with E-state index in [-0.39, 0.29) is 12.5 Å². The molecule has 0 unspecified atom stereocenters. The zero-order chi connectivity index (χ0) is 18.2. The largest absolute Gasteiger partial charge is 0.497 e. The molecule has 3 rings (SSSR count). The minimum absolute atomic E-state index is 0.0341.